The first-order chi connectivity index (χ1) is 14.2. The summed E-state index contributed by atoms with van der Waals surface area (Å²) in [5.74, 6) is 0.470. The molecule has 2 N–H and O–H groups in total. The second-order valence-electron chi connectivity index (χ2n) is 6.61. The number of anilines is 1. The van der Waals surface area contributed by atoms with Crippen LogP contribution < -0.4 is 15.4 Å². The second-order valence-corrected chi connectivity index (χ2v) is 6.61. The molecule has 158 valence electrons. The zero-order valence-electron chi connectivity index (χ0n) is 16.6. The number of benzene rings is 2. The molecular formula is C21H24ClN5O3. The standard InChI is InChI=1S/C21H23N5O3.ClH/c1-2-28-18-9-7-17(8-10-18)26-14-19(24-25-26)21(27)23-16-5-3-15(4-6-16)20-13-22-11-12-29-20;/h3-10,14,20,22H,2,11-13H2,1H3,(H,23,27);1H/t20-;/m1./s1. The predicted octanol–water partition coefficient (Wildman–Crippen LogP) is 3.00. The fraction of sp³-hybridized carbons (Fsp3) is 0.286. The summed E-state index contributed by atoms with van der Waals surface area (Å²) < 4.78 is 12.7. The van der Waals surface area contributed by atoms with E-state index in [0.29, 0.717) is 18.9 Å². The molecule has 0 saturated carbocycles. The number of hydrogen-bond acceptors (Lipinski definition) is 6. The lowest BCUT2D eigenvalue weighted by Gasteiger charge is -2.24. The van der Waals surface area contributed by atoms with Crippen molar-refractivity contribution in [2.75, 3.05) is 31.6 Å². The van der Waals surface area contributed by atoms with E-state index in [1.807, 2.05) is 55.5 Å². The molecule has 1 saturated heterocycles. The Bertz CT molecular complexity index is 954. The number of ether oxygens (including phenoxy) is 2. The lowest BCUT2D eigenvalue weighted by atomic mass is 10.1. The molecule has 9 heteroatoms. The van der Waals surface area contributed by atoms with Crippen LogP contribution in [0.1, 0.15) is 29.1 Å². The molecular weight excluding hydrogens is 406 g/mol. The third kappa shape index (κ3) is 5.15. The highest BCUT2D eigenvalue weighted by Crippen LogP contribution is 2.21. The lowest BCUT2D eigenvalue weighted by molar-refractivity contribution is 0.0277. The summed E-state index contributed by atoms with van der Waals surface area (Å²) in [6, 6.07) is 15.1. The number of hydrogen-bond donors (Lipinski definition) is 2. The highest BCUT2D eigenvalue weighted by molar-refractivity contribution is 6.02. The molecule has 8 nitrogen and oxygen atoms in total. The predicted molar refractivity (Wildman–Crippen MR) is 116 cm³/mol. The van der Waals surface area contributed by atoms with Crippen molar-refractivity contribution < 1.29 is 14.3 Å². The molecule has 2 aromatic carbocycles. The van der Waals surface area contributed by atoms with Crippen LogP contribution in [0.25, 0.3) is 5.69 Å². The van der Waals surface area contributed by atoms with E-state index in [4.69, 9.17) is 9.47 Å². The summed E-state index contributed by atoms with van der Waals surface area (Å²) in [6.07, 6.45) is 1.64. The van der Waals surface area contributed by atoms with Crippen molar-refractivity contribution in [1.82, 2.24) is 20.3 Å². The molecule has 4 rings (SSSR count). The number of amides is 1. The van der Waals surface area contributed by atoms with Gasteiger partial charge in [-0.25, -0.2) is 4.68 Å². The number of carbonyl (C=O) groups is 1. The van der Waals surface area contributed by atoms with Crippen molar-refractivity contribution >= 4 is 24.0 Å². The Balaban J connectivity index is 0.00000256. The number of nitrogens with one attached hydrogen (secondary N) is 2. The quantitative estimate of drug-likeness (QED) is 0.626. The molecule has 0 radical (unpaired) electrons. The fourth-order valence-corrected chi connectivity index (χ4v) is 3.11. The number of halogens is 1. The van der Waals surface area contributed by atoms with Gasteiger partial charge in [-0.2, -0.15) is 0 Å². The highest BCUT2D eigenvalue weighted by Gasteiger charge is 2.16. The molecule has 1 aliphatic heterocycles. The third-order valence-electron chi connectivity index (χ3n) is 4.61. The van der Waals surface area contributed by atoms with E-state index in [1.165, 1.54) is 0 Å². The molecule has 30 heavy (non-hydrogen) atoms. The summed E-state index contributed by atoms with van der Waals surface area (Å²) in [4.78, 5) is 12.5. The Morgan fingerprint density at radius 3 is 2.67 bits per heavy atom. The van der Waals surface area contributed by atoms with Crippen LogP contribution in [0.2, 0.25) is 0 Å². The molecule has 1 fully saturated rings. The zero-order chi connectivity index (χ0) is 20.1. The molecule has 0 unspecified atom stereocenters. The Morgan fingerprint density at radius 2 is 2.00 bits per heavy atom. The molecule has 0 bridgehead atoms. The van der Waals surface area contributed by atoms with Gasteiger partial charge in [0.05, 0.1) is 31.2 Å². The molecule has 2 heterocycles. The van der Waals surface area contributed by atoms with E-state index in [2.05, 4.69) is 20.9 Å². The average Bonchev–Trinajstić information content (AvgIpc) is 3.26. The first kappa shape index (κ1) is 21.8. The van der Waals surface area contributed by atoms with Crippen molar-refractivity contribution in [3.05, 3.63) is 66.0 Å². The minimum absolute atomic E-state index is 0. The molecule has 0 aliphatic carbocycles. The third-order valence-corrected chi connectivity index (χ3v) is 4.61. The fourth-order valence-electron chi connectivity index (χ4n) is 3.11. The van der Waals surface area contributed by atoms with Crippen LogP contribution in [0, 0.1) is 0 Å². The number of morpholine rings is 1. The van der Waals surface area contributed by atoms with Crippen molar-refractivity contribution in [2.45, 2.75) is 13.0 Å². The van der Waals surface area contributed by atoms with Gasteiger partial charge in [0, 0.05) is 18.8 Å². The summed E-state index contributed by atoms with van der Waals surface area (Å²) in [5, 5.41) is 14.2. The molecule has 1 aliphatic rings. The summed E-state index contributed by atoms with van der Waals surface area (Å²) in [5.41, 5.74) is 2.81. The number of nitrogens with zero attached hydrogens (tertiary/aromatic N) is 3. The molecule has 1 amide bonds. The highest BCUT2D eigenvalue weighted by atomic mass is 35.5. The van der Waals surface area contributed by atoms with Crippen molar-refractivity contribution in [1.29, 1.82) is 0 Å². The summed E-state index contributed by atoms with van der Waals surface area (Å²) in [6.45, 7) is 4.92. The van der Waals surface area contributed by atoms with Crippen LogP contribution in [0.15, 0.2) is 54.7 Å². The molecule has 0 spiro atoms. The van der Waals surface area contributed by atoms with Gasteiger partial charge in [-0.15, -0.1) is 17.5 Å². The van der Waals surface area contributed by atoms with Crippen LogP contribution in [0.4, 0.5) is 5.69 Å². The van der Waals surface area contributed by atoms with Crippen LogP contribution >= 0.6 is 12.4 Å². The van der Waals surface area contributed by atoms with Crippen LogP contribution in [-0.4, -0.2) is 47.2 Å². The number of aromatic nitrogens is 3. The minimum Gasteiger partial charge on any atom is -0.494 e. The van der Waals surface area contributed by atoms with Gasteiger partial charge in [0.1, 0.15) is 5.75 Å². The van der Waals surface area contributed by atoms with Crippen molar-refractivity contribution in [3.8, 4) is 11.4 Å². The molecule has 1 aromatic heterocycles. The first-order valence-corrected chi connectivity index (χ1v) is 9.62. The first-order valence-electron chi connectivity index (χ1n) is 9.62. The SMILES string of the molecule is CCOc1ccc(-n2cc(C(=O)Nc3ccc([C@H]4CNCCO4)cc3)nn2)cc1.Cl. The van der Waals surface area contributed by atoms with E-state index in [-0.39, 0.29) is 30.1 Å². The Morgan fingerprint density at radius 1 is 1.23 bits per heavy atom. The van der Waals surface area contributed by atoms with Gasteiger partial charge in [-0.1, -0.05) is 17.3 Å². The van der Waals surface area contributed by atoms with Gasteiger partial charge in [0.25, 0.3) is 5.91 Å². The summed E-state index contributed by atoms with van der Waals surface area (Å²) in [7, 11) is 0. The minimum atomic E-state index is -0.314. The van der Waals surface area contributed by atoms with E-state index in [1.54, 1.807) is 10.9 Å². The van der Waals surface area contributed by atoms with Crippen molar-refractivity contribution in [3.63, 3.8) is 0 Å². The topological polar surface area (TPSA) is 90.3 Å². The number of carbonyl (C=O) groups excluding carboxylic acids is 1. The molecule has 1 atom stereocenters. The Labute approximate surface area is 181 Å². The van der Waals surface area contributed by atoms with Gasteiger partial charge in [-0.3, -0.25) is 4.79 Å². The average molecular weight is 430 g/mol. The van der Waals surface area contributed by atoms with Gasteiger partial charge in [-0.05, 0) is 48.9 Å². The van der Waals surface area contributed by atoms with Gasteiger partial charge >= 0.3 is 0 Å². The normalized spacial score (nSPS) is 15.8. The monoisotopic (exact) mass is 429 g/mol. The van der Waals surface area contributed by atoms with E-state index in [9.17, 15) is 4.79 Å². The largest absolute Gasteiger partial charge is 0.494 e. The van der Waals surface area contributed by atoms with E-state index >= 15 is 0 Å². The van der Waals surface area contributed by atoms with Crippen LogP contribution in [0.5, 0.6) is 5.75 Å². The Kier molecular flexibility index (Phi) is 7.40. The van der Waals surface area contributed by atoms with Gasteiger partial charge < -0.3 is 20.1 Å². The Hall–Kier alpha value is -2.94. The van der Waals surface area contributed by atoms with Crippen LogP contribution in [0.3, 0.4) is 0 Å². The van der Waals surface area contributed by atoms with E-state index in [0.717, 1.165) is 30.1 Å². The smallest absolute Gasteiger partial charge is 0.277 e. The maximum absolute atomic E-state index is 12.5. The van der Waals surface area contributed by atoms with Gasteiger partial charge in [0.2, 0.25) is 0 Å². The lowest BCUT2D eigenvalue weighted by Crippen LogP contribution is -2.33. The maximum Gasteiger partial charge on any atom is 0.277 e. The molecule has 3 aromatic rings. The van der Waals surface area contributed by atoms with E-state index < -0.39 is 0 Å². The van der Waals surface area contributed by atoms with Gasteiger partial charge in [0.15, 0.2) is 5.69 Å². The van der Waals surface area contributed by atoms with Crippen molar-refractivity contribution in [2.24, 2.45) is 0 Å². The zero-order valence-corrected chi connectivity index (χ0v) is 17.4. The van der Waals surface area contributed by atoms with Crippen LogP contribution in [-0.2, 0) is 4.74 Å². The second kappa shape index (κ2) is 10.2. The maximum atomic E-state index is 12.5. The number of rotatable bonds is 6. The summed E-state index contributed by atoms with van der Waals surface area (Å²) >= 11 is 0.